The van der Waals surface area contributed by atoms with Gasteiger partial charge in [-0.2, -0.15) is 0 Å². The number of rotatable bonds is 2. The molecule has 1 fully saturated rings. The number of pyridine rings is 1. The van der Waals surface area contributed by atoms with E-state index in [1.807, 2.05) is 41.1 Å². The molecule has 0 bridgehead atoms. The van der Waals surface area contributed by atoms with Crippen LogP contribution in [0.4, 0.5) is 0 Å². The largest absolute Gasteiger partial charge is 0.349 e. The topological polar surface area (TPSA) is 33.5 Å². The minimum Gasteiger partial charge on any atom is -0.349 e. The average molecular weight is 256 g/mol. The van der Waals surface area contributed by atoms with E-state index in [0.29, 0.717) is 6.04 Å². The van der Waals surface area contributed by atoms with E-state index in [0.717, 1.165) is 23.9 Å². The van der Waals surface area contributed by atoms with Gasteiger partial charge in [0.05, 0.1) is 5.56 Å². The summed E-state index contributed by atoms with van der Waals surface area (Å²) in [4.78, 5) is 12.3. The summed E-state index contributed by atoms with van der Waals surface area (Å²) >= 11 is 0. The third kappa shape index (κ3) is 2.80. The highest BCUT2D eigenvalue weighted by Crippen LogP contribution is 2.18. The number of amides is 1. The molecule has 0 aromatic carbocycles. The van der Waals surface area contributed by atoms with Gasteiger partial charge in [-0.15, -0.1) is 0 Å². The monoisotopic (exact) mass is 256 g/mol. The predicted octanol–water partition coefficient (Wildman–Crippen LogP) is 3.39. The molecule has 0 spiro atoms. The number of nitrogens with one attached hydrogen (secondary N) is 1. The van der Waals surface area contributed by atoms with E-state index >= 15 is 0 Å². The van der Waals surface area contributed by atoms with Crippen molar-refractivity contribution in [2.75, 3.05) is 0 Å². The first-order chi connectivity index (χ1) is 9.33. The number of hydrogen-bond acceptors (Lipinski definition) is 1. The van der Waals surface area contributed by atoms with Crippen molar-refractivity contribution in [3.8, 4) is 0 Å². The molecule has 2 heterocycles. The fourth-order valence-electron chi connectivity index (χ4n) is 2.87. The van der Waals surface area contributed by atoms with Crippen LogP contribution in [-0.2, 0) is 0 Å². The van der Waals surface area contributed by atoms with Crippen LogP contribution in [0.5, 0.6) is 0 Å². The zero-order valence-electron chi connectivity index (χ0n) is 11.1. The maximum absolute atomic E-state index is 12.3. The Balaban J connectivity index is 1.72. The van der Waals surface area contributed by atoms with Gasteiger partial charge in [0.25, 0.3) is 5.91 Å². The summed E-state index contributed by atoms with van der Waals surface area (Å²) in [7, 11) is 0. The molecular formula is C16H20N2O. The molecule has 19 heavy (non-hydrogen) atoms. The van der Waals surface area contributed by atoms with Crippen LogP contribution in [0.1, 0.15) is 48.9 Å². The Bertz CT molecular complexity index is 532. The van der Waals surface area contributed by atoms with Gasteiger partial charge >= 0.3 is 0 Å². The Morgan fingerprint density at radius 1 is 1.16 bits per heavy atom. The summed E-state index contributed by atoms with van der Waals surface area (Å²) in [5.74, 6) is 0.0654. The van der Waals surface area contributed by atoms with Crippen LogP contribution >= 0.6 is 0 Å². The normalized spacial score (nSPS) is 17.3. The van der Waals surface area contributed by atoms with Crippen molar-refractivity contribution in [2.24, 2.45) is 0 Å². The molecule has 1 saturated carbocycles. The first-order valence-corrected chi connectivity index (χ1v) is 7.20. The zero-order chi connectivity index (χ0) is 13.1. The van der Waals surface area contributed by atoms with Crippen LogP contribution in [0.2, 0.25) is 0 Å². The molecule has 1 aliphatic carbocycles. The van der Waals surface area contributed by atoms with Crippen LogP contribution in [0.3, 0.4) is 0 Å². The third-order valence-electron chi connectivity index (χ3n) is 3.96. The van der Waals surface area contributed by atoms with E-state index < -0.39 is 0 Å². The van der Waals surface area contributed by atoms with Crippen molar-refractivity contribution in [3.63, 3.8) is 0 Å². The van der Waals surface area contributed by atoms with Crippen LogP contribution in [0.15, 0.2) is 36.7 Å². The second-order valence-corrected chi connectivity index (χ2v) is 5.42. The summed E-state index contributed by atoms with van der Waals surface area (Å²) in [6.07, 6.45) is 11.2. The van der Waals surface area contributed by atoms with E-state index in [2.05, 4.69) is 5.32 Å². The molecule has 1 N–H and O–H groups in total. The lowest BCUT2D eigenvalue weighted by Crippen LogP contribution is -2.34. The Kier molecular flexibility index (Phi) is 3.53. The molecule has 0 aliphatic heterocycles. The van der Waals surface area contributed by atoms with E-state index in [1.165, 1.54) is 25.7 Å². The lowest BCUT2D eigenvalue weighted by Gasteiger charge is -2.15. The molecule has 3 heteroatoms. The molecule has 1 aliphatic rings. The predicted molar refractivity (Wildman–Crippen MR) is 76.4 cm³/mol. The lowest BCUT2D eigenvalue weighted by atomic mass is 10.1. The molecule has 0 atom stereocenters. The zero-order valence-corrected chi connectivity index (χ0v) is 11.1. The van der Waals surface area contributed by atoms with Crippen molar-refractivity contribution in [3.05, 3.63) is 42.2 Å². The highest BCUT2D eigenvalue weighted by Gasteiger charge is 2.16. The van der Waals surface area contributed by atoms with Gasteiger partial charge in [0.15, 0.2) is 0 Å². The number of fused-ring (bicyclic) bond motifs is 1. The number of aromatic nitrogens is 1. The lowest BCUT2D eigenvalue weighted by molar-refractivity contribution is 0.0933. The Labute approximate surface area is 113 Å². The first kappa shape index (κ1) is 12.3. The summed E-state index contributed by atoms with van der Waals surface area (Å²) < 4.78 is 1.99. The molecule has 100 valence electrons. The Hall–Kier alpha value is -1.77. The molecule has 3 nitrogen and oxygen atoms in total. The van der Waals surface area contributed by atoms with Gasteiger partial charge in [-0.3, -0.25) is 4.79 Å². The molecule has 0 unspecified atom stereocenters. The molecular weight excluding hydrogens is 236 g/mol. The molecule has 0 radical (unpaired) electrons. The molecule has 0 saturated heterocycles. The van der Waals surface area contributed by atoms with Gasteiger partial charge in [-0.25, -0.2) is 0 Å². The average Bonchev–Trinajstić information content (AvgIpc) is 2.70. The minimum absolute atomic E-state index is 0.0654. The van der Waals surface area contributed by atoms with Crippen LogP contribution in [0, 0.1) is 0 Å². The second-order valence-electron chi connectivity index (χ2n) is 5.42. The summed E-state index contributed by atoms with van der Waals surface area (Å²) in [6, 6.07) is 8.29. The maximum Gasteiger partial charge on any atom is 0.253 e. The van der Waals surface area contributed by atoms with Gasteiger partial charge in [-0.05, 0) is 31.0 Å². The van der Waals surface area contributed by atoms with Crippen LogP contribution in [0.25, 0.3) is 5.52 Å². The van der Waals surface area contributed by atoms with Crippen molar-refractivity contribution >= 4 is 11.4 Å². The standard InChI is InChI=1S/C16H20N2O/c19-16(17-14-7-3-1-2-4-8-14)13-11-15-9-5-6-10-18(15)12-13/h5-6,9-12,14H,1-4,7-8H2,(H,17,19). The summed E-state index contributed by atoms with van der Waals surface area (Å²) in [5.41, 5.74) is 1.82. The quantitative estimate of drug-likeness (QED) is 0.821. The Morgan fingerprint density at radius 2 is 1.95 bits per heavy atom. The summed E-state index contributed by atoms with van der Waals surface area (Å²) in [6.45, 7) is 0. The second kappa shape index (κ2) is 5.47. The van der Waals surface area contributed by atoms with E-state index in [9.17, 15) is 4.79 Å². The maximum atomic E-state index is 12.3. The van der Waals surface area contributed by atoms with Crippen molar-refractivity contribution in [1.82, 2.24) is 9.72 Å². The van der Waals surface area contributed by atoms with Gasteiger partial charge < -0.3 is 9.72 Å². The highest BCUT2D eigenvalue weighted by molar-refractivity contribution is 5.95. The van der Waals surface area contributed by atoms with Crippen molar-refractivity contribution in [2.45, 2.75) is 44.6 Å². The number of nitrogens with zero attached hydrogens (tertiary/aromatic N) is 1. The molecule has 2 aromatic heterocycles. The number of hydrogen-bond donors (Lipinski definition) is 1. The molecule has 3 rings (SSSR count). The highest BCUT2D eigenvalue weighted by atomic mass is 16.1. The van der Waals surface area contributed by atoms with E-state index in [-0.39, 0.29) is 5.91 Å². The van der Waals surface area contributed by atoms with Gasteiger partial charge in [0.1, 0.15) is 0 Å². The number of carbonyl (C=O) groups is 1. The molecule has 1 amide bonds. The fraction of sp³-hybridized carbons (Fsp3) is 0.438. The van der Waals surface area contributed by atoms with E-state index in [1.54, 1.807) is 0 Å². The molecule has 2 aromatic rings. The van der Waals surface area contributed by atoms with Crippen molar-refractivity contribution < 1.29 is 4.79 Å². The number of carbonyl (C=O) groups excluding carboxylic acids is 1. The minimum atomic E-state index is 0.0654. The van der Waals surface area contributed by atoms with Crippen LogP contribution < -0.4 is 5.32 Å². The van der Waals surface area contributed by atoms with Gasteiger partial charge in [-0.1, -0.05) is 31.7 Å². The SMILES string of the molecule is O=C(NC1CCCCCC1)c1cc2ccccn2c1. The fourth-order valence-corrected chi connectivity index (χ4v) is 2.87. The smallest absolute Gasteiger partial charge is 0.253 e. The summed E-state index contributed by atoms with van der Waals surface area (Å²) in [5, 5.41) is 3.18. The van der Waals surface area contributed by atoms with Crippen molar-refractivity contribution in [1.29, 1.82) is 0 Å². The Morgan fingerprint density at radius 3 is 2.68 bits per heavy atom. The van der Waals surface area contributed by atoms with Gasteiger partial charge in [0.2, 0.25) is 0 Å². The van der Waals surface area contributed by atoms with E-state index in [4.69, 9.17) is 0 Å². The van der Waals surface area contributed by atoms with Crippen LogP contribution in [-0.4, -0.2) is 16.3 Å². The van der Waals surface area contributed by atoms with Gasteiger partial charge in [0, 0.05) is 24.0 Å². The first-order valence-electron chi connectivity index (χ1n) is 7.20. The third-order valence-corrected chi connectivity index (χ3v) is 3.96.